The molecule has 2 amide bonds. The average Bonchev–Trinajstić information content (AvgIpc) is 3.33. The van der Waals surface area contributed by atoms with Crippen LogP contribution in [0.25, 0.3) is 0 Å². The zero-order valence-corrected chi connectivity index (χ0v) is 16.0. The monoisotopic (exact) mass is 364 g/mol. The molecule has 1 saturated heterocycles. The number of hydrogen-bond acceptors (Lipinski definition) is 5. The van der Waals surface area contributed by atoms with Gasteiger partial charge in [-0.1, -0.05) is 25.2 Å². The number of morpholine rings is 1. The maximum atomic E-state index is 12.7. The predicted molar refractivity (Wildman–Crippen MR) is 98.0 cm³/mol. The van der Waals surface area contributed by atoms with Gasteiger partial charge in [-0.15, -0.1) is 10.2 Å². The summed E-state index contributed by atoms with van der Waals surface area (Å²) in [6.45, 7) is 6.35. The second-order valence-corrected chi connectivity index (χ2v) is 8.81. The fourth-order valence-corrected chi connectivity index (χ4v) is 6.00. The minimum atomic E-state index is -0.0830. The number of nitrogens with one attached hydrogen (secondary N) is 1. The van der Waals surface area contributed by atoms with E-state index < -0.39 is 0 Å². The van der Waals surface area contributed by atoms with Gasteiger partial charge in [0, 0.05) is 12.5 Å². The van der Waals surface area contributed by atoms with Gasteiger partial charge in [0.2, 0.25) is 5.13 Å². The third-order valence-electron chi connectivity index (χ3n) is 6.41. The molecule has 2 heterocycles. The van der Waals surface area contributed by atoms with Crippen molar-refractivity contribution in [3.8, 4) is 0 Å². The molecular weight excluding hydrogens is 336 g/mol. The molecule has 7 heteroatoms. The van der Waals surface area contributed by atoms with Crippen LogP contribution in [0.3, 0.4) is 0 Å². The molecule has 1 aromatic heterocycles. The molecule has 2 bridgehead atoms. The summed E-state index contributed by atoms with van der Waals surface area (Å²) in [7, 11) is 0. The maximum absolute atomic E-state index is 12.7. The minimum Gasteiger partial charge on any atom is -0.371 e. The van der Waals surface area contributed by atoms with Gasteiger partial charge in [-0.25, -0.2) is 4.79 Å². The van der Waals surface area contributed by atoms with Gasteiger partial charge < -0.3 is 9.64 Å². The molecular formula is C18H28N4O2S. The first-order valence-electron chi connectivity index (χ1n) is 9.66. The van der Waals surface area contributed by atoms with Crippen molar-refractivity contribution >= 4 is 22.5 Å². The lowest BCUT2D eigenvalue weighted by Crippen LogP contribution is -2.57. The van der Waals surface area contributed by atoms with E-state index in [-0.39, 0.29) is 11.6 Å². The molecule has 2 aliphatic carbocycles. The van der Waals surface area contributed by atoms with E-state index in [2.05, 4.69) is 29.4 Å². The van der Waals surface area contributed by atoms with Crippen molar-refractivity contribution in [2.75, 3.05) is 25.0 Å². The third-order valence-corrected chi connectivity index (χ3v) is 7.41. The SMILES string of the molecule is CCC(CC)c1nnc(NC(=O)N2CCOC3(CC4CCC3C4)C2)s1. The molecule has 1 N–H and O–H groups in total. The molecule has 25 heavy (non-hydrogen) atoms. The van der Waals surface area contributed by atoms with Crippen LogP contribution in [0.5, 0.6) is 0 Å². The summed E-state index contributed by atoms with van der Waals surface area (Å²) >= 11 is 1.51. The van der Waals surface area contributed by atoms with Crippen molar-refractivity contribution in [1.82, 2.24) is 15.1 Å². The van der Waals surface area contributed by atoms with Crippen molar-refractivity contribution in [1.29, 1.82) is 0 Å². The van der Waals surface area contributed by atoms with E-state index in [4.69, 9.17) is 4.74 Å². The maximum Gasteiger partial charge on any atom is 0.323 e. The lowest BCUT2D eigenvalue weighted by atomic mass is 9.83. The van der Waals surface area contributed by atoms with Crippen LogP contribution in [0.4, 0.5) is 9.93 Å². The van der Waals surface area contributed by atoms with E-state index in [0.29, 0.717) is 30.1 Å². The minimum absolute atomic E-state index is 0.0577. The van der Waals surface area contributed by atoms with Crippen LogP contribution in [-0.4, -0.2) is 46.4 Å². The van der Waals surface area contributed by atoms with Crippen molar-refractivity contribution in [2.45, 2.75) is 63.9 Å². The van der Waals surface area contributed by atoms with Gasteiger partial charge in [0.15, 0.2) is 0 Å². The zero-order valence-electron chi connectivity index (χ0n) is 15.2. The third kappa shape index (κ3) is 3.16. The normalized spacial score (nSPS) is 31.2. The number of carbonyl (C=O) groups excluding carboxylic acids is 1. The molecule has 3 aliphatic rings. The van der Waals surface area contributed by atoms with Crippen LogP contribution in [0.1, 0.15) is 63.3 Å². The van der Waals surface area contributed by atoms with Crippen LogP contribution in [-0.2, 0) is 4.74 Å². The van der Waals surface area contributed by atoms with Gasteiger partial charge in [0.25, 0.3) is 0 Å². The summed E-state index contributed by atoms with van der Waals surface area (Å²) in [6, 6.07) is -0.0577. The largest absolute Gasteiger partial charge is 0.371 e. The molecule has 1 aromatic rings. The number of amides is 2. The first kappa shape index (κ1) is 17.2. The number of rotatable bonds is 4. The Morgan fingerprint density at radius 1 is 1.40 bits per heavy atom. The number of fused-ring (bicyclic) bond motifs is 3. The average molecular weight is 365 g/mol. The van der Waals surface area contributed by atoms with E-state index in [0.717, 1.165) is 36.7 Å². The molecule has 2 saturated carbocycles. The van der Waals surface area contributed by atoms with Crippen molar-refractivity contribution in [3.63, 3.8) is 0 Å². The lowest BCUT2D eigenvalue weighted by molar-refractivity contribution is -0.126. The van der Waals surface area contributed by atoms with Gasteiger partial charge in [-0.3, -0.25) is 5.32 Å². The standard InChI is InChI=1S/C18H28N4O2S/c1-3-13(4-2)15-20-21-16(25-15)19-17(23)22-7-8-24-18(11-22)10-12-5-6-14(18)9-12/h12-14H,3-11H2,1-2H3,(H,19,21,23). The van der Waals surface area contributed by atoms with Crippen LogP contribution in [0.15, 0.2) is 0 Å². The summed E-state index contributed by atoms with van der Waals surface area (Å²) in [5, 5.41) is 13.0. The van der Waals surface area contributed by atoms with Crippen LogP contribution < -0.4 is 5.32 Å². The molecule has 1 spiro atoms. The van der Waals surface area contributed by atoms with Crippen molar-refractivity contribution < 1.29 is 9.53 Å². The highest BCUT2D eigenvalue weighted by atomic mass is 32.1. The highest BCUT2D eigenvalue weighted by Crippen LogP contribution is 2.53. The fourth-order valence-electron chi connectivity index (χ4n) is 5.00. The second-order valence-electron chi connectivity index (χ2n) is 7.80. The molecule has 0 radical (unpaired) electrons. The molecule has 1 aliphatic heterocycles. The first-order chi connectivity index (χ1) is 12.1. The highest BCUT2D eigenvalue weighted by molar-refractivity contribution is 7.15. The zero-order chi connectivity index (χ0) is 17.4. The Kier molecular flexibility index (Phi) is 4.71. The summed E-state index contributed by atoms with van der Waals surface area (Å²) in [5.74, 6) is 1.87. The van der Waals surface area contributed by atoms with E-state index in [1.54, 1.807) is 0 Å². The van der Waals surface area contributed by atoms with Crippen molar-refractivity contribution in [3.05, 3.63) is 5.01 Å². The van der Waals surface area contributed by atoms with Gasteiger partial charge in [-0.2, -0.15) is 0 Å². The first-order valence-corrected chi connectivity index (χ1v) is 10.5. The van der Waals surface area contributed by atoms with Crippen molar-refractivity contribution in [2.24, 2.45) is 11.8 Å². The Morgan fingerprint density at radius 3 is 2.92 bits per heavy atom. The topological polar surface area (TPSA) is 67.4 Å². The number of nitrogens with zero attached hydrogens (tertiary/aromatic N) is 3. The lowest BCUT2D eigenvalue weighted by Gasteiger charge is -2.45. The van der Waals surface area contributed by atoms with E-state index in [1.165, 1.54) is 30.6 Å². The Hall–Kier alpha value is -1.21. The molecule has 0 aromatic carbocycles. The molecule has 6 nitrogen and oxygen atoms in total. The van der Waals surface area contributed by atoms with Crippen LogP contribution in [0, 0.1) is 11.8 Å². The molecule has 4 rings (SSSR count). The molecule has 3 fully saturated rings. The molecule has 3 unspecified atom stereocenters. The number of carbonyl (C=O) groups is 1. The number of aromatic nitrogens is 2. The van der Waals surface area contributed by atoms with E-state index in [1.807, 2.05) is 4.90 Å². The van der Waals surface area contributed by atoms with Gasteiger partial charge in [0.1, 0.15) is 5.01 Å². The quantitative estimate of drug-likeness (QED) is 0.881. The Bertz CT molecular complexity index is 632. The van der Waals surface area contributed by atoms with Gasteiger partial charge in [-0.05, 0) is 50.4 Å². The Morgan fingerprint density at radius 2 is 2.24 bits per heavy atom. The number of anilines is 1. The number of hydrogen-bond donors (Lipinski definition) is 1. The summed E-state index contributed by atoms with van der Waals surface area (Å²) in [4.78, 5) is 14.6. The van der Waals surface area contributed by atoms with Gasteiger partial charge >= 0.3 is 6.03 Å². The predicted octanol–water partition coefficient (Wildman–Crippen LogP) is 3.86. The summed E-state index contributed by atoms with van der Waals surface area (Å²) in [6.07, 6.45) is 7.10. The van der Waals surface area contributed by atoms with Crippen LogP contribution in [0.2, 0.25) is 0 Å². The second kappa shape index (κ2) is 6.83. The van der Waals surface area contributed by atoms with E-state index >= 15 is 0 Å². The Balaban J connectivity index is 1.40. The summed E-state index contributed by atoms with van der Waals surface area (Å²) in [5.41, 5.74) is -0.0830. The smallest absolute Gasteiger partial charge is 0.323 e. The Labute approximate surface area is 153 Å². The molecule has 138 valence electrons. The van der Waals surface area contributed by atoms with Crippen LogP contribution >= 0.6 is 11.3 Å². The molecule has 3 atom stereocenters. The number of ether oxygens (including phenoxy) is 1. The van der Waals surface area contributed by atoms with E-state index in [9.17, 15) is 4.79 Å². The number of urea groups is 1. The summed E-state index contributed by atoms with van der Waals surface area (Å²) < 4.78 is 6.21. The fraction of sp³-hybridized carbons (Fsp3) is 0.833. The highest BCUT2D eigenvalue weighted by Gasteiger charge is 2.54. The van der Waals surface area contributed by atoms with Gasteiger partial charge in [0.05, 0.1) is 18.8 Å².